The zero-order valence-electron chi connectivity index (χ0n) is 15.1. The Hall–Kier alpha value is -1.70. The summed E-state index contributed by atoms with van der Waals surface area (Å²) in [6.07, 6.45) is 1.05. The van der Waals surface area contributed by atoms with Crippen LogP contribution >= 0.6 is 34.9 Å². The zero-order valence-corrected chi connectivity index (χ0v) is 17.4. The van der Waals surface area contributed by atoms with Crippen LogP contribution in [0.4, 0.5) is 17.3 Å². The molecule has 0 radical (unpaired) electrons. The summed E-state index contributed by atoms with van der Waals surface area (Å²) in [4.78, 5) is 11.5. The van der Waals surface area contributed by atoms with Gasteiger partial charge in [0.15, 0.2) is 0 Å². The minimum atomic E-state index is 0.480. The van der Waals surface area contributed by atoms with E-state index in [-0.39, 0.29) is 0 Å². The van der Waals surface area contributed by atoms with E-state index in [0.29, 0.717) is 38.4 Å². The standard InChI is InChI=1S/C17H20Cl2N6S/c1-5-7-25(6-2)17-9(3)16(20-10(4)21-17)22-13-11(18)8-12(19)14-15(13)24-26-23-14/h8H,5-7H2,1-4H3,(H,20,21,22). The first-order chi connectivity index (χ1) is 12.5. The Bertz CT molecular complexity index is 943. The monoisotopic (exact) mass is 410 g/mol. The SMILES string of the molecule is CCCN(CC)c1nc(C)nc(Nc2c(Cl)cc(Cl)c3nsnc23)c1C. The molecule has 9 heteroatoms. The second-order valence-electron chi connectivity index (χ2n) is 5.95. The molecule has 0 saturated carbocycles. The summed E-state index contributed by atoms with van der Waals surface area (Å²) >= 11 is 13.7. The number of aromatic nitrogens is 4. The van der Waals surface area contributed by atoms with Gasteiger partial charge in [0, 0.05) is 18.7 Å². The van der Waals surface area contributed by atoms with Gasteiger partial charge in [-0.15, -0.1) is 0 Å². The molecule has 2 heterocycles. The highest BCUT2D eigenvalue weighted by molar-refractivity contribution is 7.00. The molecular formula is C17H20Cl2N6S. The molecule has 0 aliphatic heterocycles. The number of hydrogen-bond donors (Lipinski definition) is 1. The fraction of sp³-hybridized carbons (Fsp3) is 0.412. The van der Waals surface area contributed by atoms with E-state index in [9.17, 15) is 0 Å². The van der Waals surface area contributed by atoms with E-state index in [1.807, 2.05) is 13.8 Å². The highest BCUT2D eigenvalue weighted by atomic mass is 35.5. The topological polar surface area (TPSA) is 66.8 Å². The van der Waals surface area contributed by atoms with Crippen LogP contribution in [0.1, 0.15) is 31.7 Å². The van der Waals surface area contributed by atoms with Gasteiger partial charge in [0.05, 0.1) is 27.5 Å². The van der Waals surface area contributed by atoms with Gasteiger partial charge in [-0.05, 0) is 33.3 Å². The van der Waals surface area contributed by atoms with Crippen molar-refractivity contribution in [2.75, 3.05) is 23.3 Å². The molecule has 0 saturated heterocycles. The predicted molar refractivity (Wildman–Crippen MR) is 110 cm³/mol. The number of hydrogen-bond acceptors (Lipinski definition) is 7. The number of benzene rings is 1. The number of halogens is 2. The first-order valence-electron chi connectivity index (χ1n) is 8.43. The van der Waals surface area contributed by atoms with Gasteiger partial charge in [0.1, 0.15) is 28.5 Å². The third-order valence-corrected chi connectivity index (χ3v) is 5.21. The van der Waals surface area contributed by atoms with Crippen molar-refractivity contribution in [2.24, 2.45) is 0 Å². The first-order valence-corrected chi connectivity index (χ1v) is 9.92. The normalized spacial score (nSPS) is 11.2. The van der Waals surface area contributed by atoms with Crippen LogP contribution in [0.25, 0.3) is 11.0 Å². The minimum Gasteiger partial charge on any atom is -0.357 e. The van der Waals surface area contributed by atoms with Crippen LogP contribution in [0.15, 0.2) is 6.07 Å². The molecular weight excluding hydrogens is 391 g/mol. The van der Waals surface area contributed by atoms with Crippen molar-refractivity contribution in [1.82, 2.24) is 18.7 Å². The number of nitrogens with zero attached hydrogens (tertiary/aromatic N) is 5. The number of fused-ring (bicyclic) bond motifs is 1. The smallest absolute Gasteiger partial charge is 0.139 e. The minimum absolute atomic E-state index is 0.480. The molecule has 0 spiro atoms. The average molecular weight is 411 g/mol. The lowest BCUT2D eigenvalue weighted by atomic mass is 10.2. The van der Waals surface area contributed by atoms with Crippen molar-refractivity contribution in [3.05, 3.63) is 27.5 Å². The van der Waals surface area contributed by atoms with Crippen LogP contribution in [-0.4, -0.2) is 31.8 Å². The van der Waals surface area contributed by atoms with E-state index < -0.39 is 0 Å². The molecule has 0 atom stereocenters. The van der Waals surface area contributed by atoms with Gasteiger partial charge in [0.25, 0.3) is 0 Å². The number of nitrogens with one attached hydrogen (secondary N) is 1. The molecule has 0 bridgehead atoms. The predicted octanol–water partition coefficient (Wildman–Crippen LogP) is 5.38. The van der Waals surface area contributed by atoms with Gasteiger partial charge in [-0.3, -0.25) is 0 Å². The largest absolute Gasteiger partial charge is 0.357 e. The third kappa shape index (κ3) is 3.56. The fourth-order valence-corrected chi connectivity index (χ4v) is 4.00. The lowest BCUT2D eigenvalue weighted by Crippen LogP contribution is -2.26. The average Bonchev–Trinajstić information content (AvgIpc) is 3.09. The van der Waals surface area contributed by atoms with Crippen LogP contribution in [0.2, 0.25) is 10.0 Å². The van der Waals surface area contributed by atoms with Crippen LogP contribution in [0.3, 0.4) is 0 Å². The Morgan fingerprint density at radius 2 is 1.81 bits per heavy atom. The fourth-order valence-electron chi connectivity index (χ4n) is 2.84. The van der Waals surface area contributed by atoms with Crippen molar-refractivity contribution < 1.29 is 0 Å². The Labute approximate surface area is 166 Å². The molecule has 138 valence electrons. The molecule has 26 heavy (non-hydrogen) atoms. The maximum Gasteiger partial charge on any atom is 0.139 e. The Morgan fingerprint density at radius 3 is 2.50 bits per heavy atom. The molecule has 0 unspecified atom stereocenters. The van der Waals surface area contributed by atoms with E-state index in [1.54, 1.807) is 6.07 Å². The lowest BCUT2D eigenvalue weighted by Gasteiger charge is -2.24. The van der Waals surface area contributed by atoms with Crippen molar-refractivity contribution in [3.8, 4) is 0 Å². The maximum atomic E-state index is 6.42. The van der Waals surface area contributed by atoms with Crippen molar-refractivity contribution in [3.63, 3.8) is 0 Å². The highest BCUT2D eigenvalue weighted by Crippen LogP contribution is 2.37. The zero-order chi connectivity index (χ0) is 18.8. The molecule has 0 aliphatic carbocycles. The number of aryl methyl sites for hydroxylation is 1. The Balaban J connectivity index is 2.09. The van der Waals surface area contributed by atoms with Crippen LogP contribution < -0.4 is 10.2 Å². The maximum absolute atomic E-state index is 6.42. The quantitative estimate of drug-likeness (QED) is 0.587. The van der Waals surface area contributed by atoms with E-state index in [4.69, 9.17) is 23.2 Å². The second kappa shape index (κ2) is 7.90. The Kier molecular flexibility index (Phi) is 5.79. The second-order valence-corrected chi connectivity index (χ2v) is 7.29. The van der Waals surface area contributed by atoms with E-state index >= 15 is 0 Å². The van der Waals surface area contributed by atoms with Gasteiger partial charge in [-0.25, -0.2) is 9.97 Å². The van der Waals surface area contributed by atoms with Crippen molar-refractivity contribution in [1.29, 1.82) is 0 Å². The van der Waals surface area contributed by atoms with Gasteiger partial charge < -0.3 is 10.2 Å². The third-order valence-electron chi connectivity index (χ3n) is 4.09. The van der Waals surface area contributed by atoms with Crippen molar-refractivity contribution >= 4 is 63.3 Å². The van der Waals surface area contributed by atoms with E-state index in [1.165, 1.54) is 0 Å². The molecule has 0 amide bonds. The van der Waals surface area contributed by atoms with Crippen LogP contribution in [-0.2, 0) is 0 Å². The summed E-state index contributed by atoms with van der Waals surface area (Å²) in [7, 11) is 0. The van der Waals surface area contributed by atoms with Gasteiger partial charge >= 0.3 is 0 Å². The molecule has 3 aromatic rings. The summed E-state index contributed by atoms with van der Waals surface area (Å²) in [5.74, 6) is 2.34. The highest BCUT2D eigenvalue weighted by Gasteiger charge is 2.18. The van der Waals surface area contributed by atoms with E-state index in [0.717, 1.165) is 42.6 Å². The van der Waals surface area contributed by atoms with Gasteiger partial charge in [-0.1, -0.05) is 30.1 Å². The molecule has 6 nitrogen and oxygen atoms in total. The summed E-state index contributed by atoms with van der Waals surface area (Å²) in [5.41, 5.74) is 2.90. The summed E-state index contributed by atoms with van der Waals surface area (Å²) < 4.78 is 8.58. The summed E-state index contributed by atoms with van der Waals surface area (Å²) in [6.45, 7) is 10.00. The molecule has 3 rings (SSSR count). The Morgan fingerprint density at radius 1 is 1.08 bits per heavy atom. The van der Waals surface area contributed by atoms with E-state index in [2.05, 4.69) is 42.8 Å². The van der Waals surface area contributed by atoms with Crippen LogP contribution in [0, 0.1) is 13.8 Å². The molecule has 0 fully saturated rings. The molecule has 1 N–H and O–H groups in total. The van der Waals surface area contributed by atoms with Crippen LogP contribution in [0.5, 0.6) is 0 Å². The van der Waals surface area contributed by atoms with Crippen molar-refractivity contribution in [2.45, 2.75) is 34.1 Å². The molecule has 1 aromatic carbocycles. The first kappa shape index (κ1) is 19.1. The summed E-state index contributed by atoms with van der Waals surface area (Å²) in [5, 5.41) is 4.30. The number of anilines is 3. The lowest BCUT2D eigenvalue weighted by molar-refractivity contribution is 0.769. The van der Waals surface area contributed by atoms with Gasteiger partial charge in [0.2, 0.25) is 0 Å². The molecule has 2 aromatic heterocycles. The number of rotatable bonds is 6. The molecule has 0 aliphatic rings. The van der Waals surface area contributed by atoms with Gasteiger partial charge in [-0.2, -0.15) is 8.75 Å². The summed E-state index contributed by atoms with van der Waals surface area (Å²) in [6, 6.07) is 1.68.